The minimum Gasteiger partial charge on any atom is -0.375 e. The van der Waals surface area contributed by atoms with E-state index in [9.17, 15) is 14.4 Å². The molecule has 2 heterocycles. The van der Waals surface area contributed by atoms with Gasteiger partial charge in [0.1, 0.15) is 0 Å². The summed E-state index contributed by atoms with van der Waals surface area (Å²) < 4.78 is 5.54. The van der Waals surface area contributed by atoms with Gasteiger partial charge in [-0.3, -0.25) is 30.0 Å². The fraction of sp³-hybridized carbons (Fsp3) is 0.385. The molecular weight excluding hydrogens is 482 g/mol. The topological polar surface area (TPSA) is 112 Å². The second kappa shape index (κ2) is 11.1. The smallest absolute Gasteiger partial charge is 0.257 e. The van der Waals surface area contributed by atoms with Crippen LogP contribution in [0.5, 0.6) is 0 Å². The number of halogens is 1. The molecule has 0 bridgehead atoms. The fourth-order valence-corrected chi connectivity index (χ4v) is 4.42. The fourth-order valence-electron chi connectivity index (χ4n) is 4.16. The van der Waals surface area contributed by atoms with E-state index in [-0.39, 0.29) is 35.7 Å². The zero-order valence-electron chi connectivity index (χ0n) is 20.6. The molecule has 0 aliphatic carbocycles. The SMILES string of the molecule is CC1CN(C(=O)c2cccc(Nc3ccc(C(=O)NC4=NCCC(=O)N4)cc3C(C)C)c2Cl)CCO1. The van der Waals surface area contributed by atoms with Crippen molar-refractivity contribution in [1.82, 2.24) is 15.5 Å². The molecule has 190 valence electrons. The molecule has 2 aliphatic rings. The lowest BCUT2D eigenvalue weighted by molar-refractivity contribution is -0.119. The Labute approximate surface area is 215 Å². The first-order chi connectivity index (χ1) is 17.2. The molecule has 9 nitrogen and oxygen atoms in total. The summed E-state index contributed by atoms with van der Waals surface area (Å²) in [6, 6.07) is 10.6. The van der Waals surface area contributed by atoms with Crippen LogP contribution in [-0.2, 0) is 9.53 Å². The maximum Gasteiger partial charge on any atom is 0.257 e. The van der Waals surface area contributed by atoms with Crippen LogP contribution in [0.15, 0.2) is 41.4 Å². The van der Waals surface area contributed by atoms with E-state index in [1.165, 1.54) is 0 Å². The number of hydrogen-bond donors (Lipinski definition) is 3. The second-order valence-corrected chi connectivity index (χ2v) is 9.54. The third kappa shape index (κ3) is 5.85. The van der Waals surface area contributed by atoms with Crippen molar-refractivity contribution in [2.75, 3.05) is 31.6 Å². The van der Waals surface area contributed by atoms with Gasteiger partial charge < -0.3 is 15.0 Å². The van der Waals surface area contributed by atoms with E-state index < -0.39 is 0 Å². The molecule has 2 aromatic rings. The molecule has 2 aromatic carbocycles. The molecule has 0 saturated carbocycles. The van der Waals surface area contributed by atoms with Crippen molar-refractivity contribution in [3.05, 3.63) is 58.1 Å². The summed E-state index contributed by atoms with van der Waals surface area (Å²) in [6.07, 6.45) is 0.284. The van der Waals surface area contributed by atoms with Crippen molar-refractivity contribution in [2.45, 2.75) is 39.2 Å². The van der Waals surface area contributed by atoms with E-state index in [0.717, 1.165) is 11.3 Å². The standard InChI is InChI=1S/C26H30ClN5O4/c1-15(2)19-13-17(24(34)31-26-28-10-9-22(33)30-26)7-8-20(19)29-21-6-4-5-18(23(21)27)25(35)32-11-12-36-16(3)14-32/h4-8,13,15-16,29H,9-12,14H2,1-3H3,(H2,28,30,31,33,34). The van der Waals surface area contributed by atoms with Gasteiger partial charge in [-0.1, -0.05) is 31.5 Å². The molecule has 10 heteroatoms. The van der Waals surface area contributed by atoms with Gasteiger partial charge in [-0.2, -0.15) is 0 Å². The predicted molar refractivity (Wildman–Crippen MR) is 139 cm³/mol. The van der Waals surface area contributed by atoms with E-state index in [1.807, 2.05) is 26.8 Å². The third-order valence-electron chi connectivity index (χ3n) is 6.06. The number of carbonyl (C=O) groups excluding carboxylic acids is 3. The lowest BCUT2D eigenvalue weighted by Gasteiger charge is -2.31. The van der Waals surface area contributed by atoms with Crippen LogP contribution in [-0.4, -0.2) is 60.9 Å². The molecule has 2 aliphatic heterocycles. The van der Waals surface area contributed by atoms with Crippen LogP contribution in [0, 0.1) is 0 Å². The Balaban J connectivity index is 1.55. The first-order valence-corrected chi connectivity index (χ1v) is 12.4. The molecule has 1 atom stereocenters. The quantitative estimate of drug-likeness (QED) is 0.567. The molecule has 1 unspecified atom stereocenters. The number of benzene rings is 2. The third-order valence-corrected chi connectivity index (χ3v) is 6.47. The summed E-state index contributed by atoms with van der Waals surface area (Å²) in [7, 11) is 0. The molecule has 0 aromatic heterocycles. The Morgan fingerprint density at radius 3 is 2.75 bits per heavy atom. The lowest BCUT2D eigenvalue weighted by atomic mass is 9.98. The van der Waals surface area contributed by atoms with Gasteiger partial charge in [0.15, 0.2) is 0 Å². The van der Waals surface area contributed by atoms with Gasteiger partial charge in [0.25, 0.3) is 11.8 Å². The van der Waals surface area contributed by atoms with Crippen LogP contribution in [0.1, 0.15) is 59.4 Å². The van der Waals surface area contributed by atoms with Gasteiger partial charge in [0, 0.05) is 30.8 Å². The largest absolute Gasteiger partial charge is 0.375 e. The Morgan fingerprint density at radius 2 is 2.03 bits per heavy atom. The van der Waals surface area contributed by atoms with Gasteiger partial charge >= 0.3 is 0 Å². The van der Waals surface area contributed by atoms with Crippen LogP contribution >= 0.6 is 11.6 Å². The first kappa shape index (κ1) is 25.7. The minimum atomic E-state index is -0.366. The van der Waals surface area contributed by atoms with Crippen molar-refractivity contribution < 1.29 is 19.1 Å². The van der Waals surface area contributed by atoms with E-state index >= 15 is 0 Å². The van der Waals surface area contributed by atoms with Gasteiger partial charge in [-0.15, -0.1) is 0 Å². The highest BCUT2D eigenvalue weighted by molar-refractivity contribution is 6.36. The summed E-state index contributed by atoms with van der Waals surface area (Å²) in [5.74, 6) is -0.427. The van der Waals surface area contributed by atoms with Crippen molar-refractivity contribution in [2.24, 2.45) is 4.99 Å². The molecule has 1 fully saturated rings. The highest BCUT2D eigenvalue weighted by Gasteiger charge is 2.25. The number of nitrogens with zero attached hydrogens (tertiary/aromatic N) is 2. The average molecular weight is 512 g/mol. The monoisotopic (exact) mass is 511 g/mol. The van der Waals surface area contributed by atoms with Crippen molar-refractivity contribution in [3.8, 4) is 0 Å². The molecule has 1 saturated heterocycles. The number of guanidine groups is 1. The van der Waals surface area contributed by atoms with Gasteiger partial charge in [-0.25, -0.2) is 0 Å². The zero-order chi connectivity index (χ0) is 25.8. The molecule has 0 radical (unpaired) electrons. The highest BCUT2D eigenvalue weighted by Crippen LogP contribution is 2.33. The minimum absolute atomic E-state index is 0.0199. The van der Waals surface area contributed by atoms with Crippen molar-refractivity contribution in [1.29, 1.82) is 0 Å². The number of ether oxygens (including phenoxy) is 1. The molecule has 3 amide bonds. The second-order valence-electron chi connectivity index (χ2n) is 9.16. The zero-order valence-corrected chi connectivity index (χ0v) is 21.3. The van der Waals surface area contributed by atoms with E-state index in [1.54, 1.807) is 35.2 Å². The summed E-state index contributed by atoms with van der Waals surface area (Å²) >= 11 is 6.69. The predicted octanol–water partition coefficient (Wildman–Crippen LogP) is 3.67. The van der Waals surface area contributed by atoms with Crippen molar-refractivity contribution >= 4 is 46.7 Å². The summed E-state index contributed by atoms with van der Waals surface area (Å²) in [4.78, 5) is 43.4. The van der Waals surface area contributed by atoms with E-state index in [0.29, 0.717) is 54.5 Å². The Kier molecular flexibility index (Phi) is 7.91. The average Bonchev–Trinajstić information content (AvgIpc) is 2.85. The Morgan fingerprint density at radius 1 is 1.22 bits per heavy atom. The van der Waals surface area contributed by atoms with Crippen LogP contribution in [0.4, 0.5) is 11.4 Å². The maximum absolute atomic E-state index is 13.1. The van der Waals surface area contributed by atoms with Crippen LogP contribution in [0.25, 0.3) is 0 Å². The highest BCUT2D eigenvalue weighted by atomic mass is 35.5. The first-order valence-electron chi connectivity index (χ1n) is 12.0. The van der Waals surface area contributed by atoms with E-state index in [4.69, 9.17) is 16.3 Å². The molecule has 4 rings (SSSR count). The number of aliphatic imine (C=N–C) groups is 1. The number of amides is 3. The van der Waals surface area contributed by atoms with Gasteiger partial charge in [-0.05, 0) is 48.7 Å². The molecule has 36 heavy (non-hydrogen) atoms. The number of anilines is 2. The molecular formula is C26H30ClN5O4. The molecule has 3 N–H and O–H groups in total. The Bertz CT molecular complexity index is 1210. The number of hydrogen-bond acceptors (Lipinski definition) is 6. The summed E-state index contributed by atoms with van der Waals surface area (Å²) in [6.45, 7) is 7.87. The summed E-state index contributed by atoms with van der Waals surface area (Å²) in [5.41, 5.74) is 3.13. The maximum atomic E-state index is 13.1. The normalized spacial score (nSPS) is 17.9. The lowest BCUT2D eigenvalue weighted by Crippen LogP contribution is -2.46. The summed E-state index contributed by atoms with van der Waals surface area (Å²) in [5, 5.41) is 8.89. The number of carbonyl (C=O) groups is 3. The van der Waals surface area contributed by atoms with Gasteiger partial charge in [0.2, 0.25) is 11.9 Å². The van der Waals surface area contributed by atoms with Crippen LogP contribution in [0.3, 0.4) is 0 Å². The van der Waals surface area contributed by atoms with Crippen molar-refractivity contribution in [3.63, 3.8) is 0 Å². The number of nitrogens with one attached hydrogen (secondary N) is 3. The number of morpholine rings is 1. The Hall–Kier alpha value is -3.43. The van der Waals surface area contributed by atoms with Crippen LogP contribution < -0.4 is 16.0 Å². The van der Waals surface area contributed by atoms with Crippen LogP contribution in [0.2, 0.25) is 5.02 Å². The van der Waals surface area contributed by atoms with Gasteiger partial charge in [0.05, 0.1) is 35.5 Å². The number of rotatable bonds is 5. The molecule has 0 spiro atoms. The van der Waals surface area contributed by atoms with E-state index in [2.05, 4.69) is 20.9 Å².